The molecule has 0 N–H and O–H groups in total. The fourth-order valence-electron chi connectivity index (χ4n) is 11.1. The van der Waals surface area contributed by atoms with E-state index in [9.17, 15) is 0 Å². The lowest BCUT2D eigenvalue weighted by molar-refractivity contribution is 0.415. The second-order valence-corrected chi connectivity index (χ2v) is 23.6. The highest BCUT2D eigenvalue weighted by Crippen LogP contribution is 2.48. The molecule has 66 heavy (non-hydrogen) atoms. The number of aromatic nitrogens is 2. The summed E-state index contributed by atoms with van der Waals surface area (Å²) in [7, 11) is 3.54. The first-order valence-electron chi connectivity index (χ1n) is 23.8. The van der Waals surface area contributed by atoms with E-state index in [-0.39, 0.29) is 28.5 Å². The highest BCUT2D eigenvalue weighted by Gasteiger charge is 2.42. The van der Waals surface area contributed by atoms with Crippen LogP contribution in [-0.4, -0.2) is 30.1 Å². The molecule has 0 fully saturated rings. The van der Waals surface area contributed by atoms with Crippen molar-refractivity contribution in [2.75, 3.05) is 14.2 Å². The monoisotopic (exact) mass is 866 g/mol. The SMILES string of the molecule is COc1ccc2c(c1)c1cc(OC)cc3c1n2-c1cc(C)cc2c1B3n1c3ccc(-c4cc(C(C)(C)C)cc(C(C)(C)C)c4)cc3c3cc(-c4cc(C(C)(C)C)cc(C(C)(C)C)c4)cc-2c31. The van der Waals surface area contributed by atoms with Gasteiger partial charge in [-0.1, -0.05) is 132 Å². The standard InChI is InChI=1S/C61H63BN2O2/c1-34-20-47-49-28-38(37-24-41(60(8,9)10)30-42(25-37)61(11,12)13)27-48-45-26-35(36-22-39(58(2,3)4)29-40(23-36)59(5,6)7)16-18-53(45)64(56(48)49)62-51-33-44(66-15)32-50-46-31-43(65-14)17-19-52(46)63(57(50)51)54(21-34)55(47)62/h16-33H,1-15H3. The lowest BCUT2D eigenvalue weighted by Crippen LogP contribution is -2.55. The molecule has 4 nitrogen and oxygen atoms in total. The molecule has 0 saturated carbocycles. The normalized spacial score (nSPS) is 13.7. The Morgan fingerprint density at radius 3 is 1.50 bits per heavy atom. The van der Waals surface area contributed by atoms with E-state index in [4.69, 9.17) is 9.47 Å². The number of aryl methyl sites for hydroxylation is 1. The van der Waals surface area contributed by atoms with E-state index in [1.165, 1.54) is 116 Å². The van der Waals surface area contributed by atoms with Crippen LogP contribution in [0.25, 0.3) is 82.7 Å². The van der Waals surface area contributed by atoms with Gasteiger partial charge in [-0.15, -0.1) is 0 Å². The van der Waals surface area contributed by atoms with Gasteiger partial charge in [0.25, 0.3) is 0 Å². The van der Waals surface area contributed by atoms with E-state index >= 15 is 0 Å². The minimum atomic E-state index is -0.0930. The fraction of sp³-hybridized carbons (Fsp3) is 0.311. The lowest BCUT2D eigenvalue weighted by atomic mass is 9.45. The Morgan fingerprint density at radius 2 is 0.924 bits per heavy atom. The molecule has 0 amide bonds. The zero-order valence-corrected chi connectivity index (χ0v) is 41.7. The number of rotatable bonds is 4. The van der Waals surface area contributed by atoms with Crippen LogP contribution in [0.1, 0.15) is 111 Å². The van der Waals surface area contributed by atoms with Gasteiger partial charge < -0.3 is 18.5 Å². The summed E-state index contributed by atoms with van der Waals surface area (Å²) in [6.45, 7) is 30.2. The largest absolute Gasteiger partial charge is 0.497 e. The summed E-state index contributed by atoms with van der Waals surface area (Å²) in [5.74, 6) is 1.70. The molecule has 7 aromatic carbocycles. The predicted octanol–water partition coefficient (Wildman–Crippen LogP) is 14.7. The maximum Gasteiger partial charge on any atom is 0.333 e. The number of ether oxygens (including phenoxy) is 2. The minimum absolute atomic E-state index is 0.00443. The first-order valence-corrected chi connectivity index (χ1v) is 23.8. The topological polar surface area (TPSA) is 28.3 Å². The molecular weight excluding hydrogens is 803 g/mol. The number of fused-ring (bicyclic) bond motifs is 10. The van der Waals surface area contributed by atoms with E-state index in [0.29, 0.717) is 0 Å². The van der Waals surface area contributed by atoms with E-state index in [1.54, 1.807) is 14.2 Å². The molecule has 4 heterocycles. The van der Waals surface area contributed by atoms with Gasteiger partial charge in [-0.2, -0.15) is 0 Å². The third kappa shape index (κ3) is 6.32. The summed E-state index contributed by atoms with van der Waals surface area (Å²) in [5, 5.41) is 4.88. The van der Waals surface area contributed by atoms with Crippen LogP contribution < -0.4 is 20.4 Å². The Kier molecular flexibility index (Phi) is 8.95. The zero-order valence-electron chi connectivity index (χ0n) is 41.7. The number of methoxy groups -OCH3 is 2. The molecule has 0 radical (unpaired) electrons. The van der Waals surface area contributed by atoms with Gasteiger partial charge in [0.1, 0.15) is 11.5 Å². The molecule has 2 aliphatic rings. The maximum absolute atomic E-state index is 6.18. The van der Waals surface area contributed by atoms with Gasteiger partial charge in [0.05, 0.1) is 25.3 Å². The molecule has 0 unspecified atom stereocenters. The molecule has 0 spiro atoms. The fourth-order valence-corrected chi connectivity index (χ4v) is 11.1. The Morgan fingerprint density at radius 1 is 0.424 bits per heavy atom. The van der Waals surface area contributed by atoms with Gasteiger partial charge in [-0.25, -0.2) is 0 Å². The molecule has 0 aliphatic carbocycles. The highest BCUT2D eigenvalue weighted by atomic mass is 16.5. The summed E-state index contributed by atoms with van der Waals surface area (Å²) in [6.07, 6.45) is 0. The Hall–Kier alpha value is -6.20. The first-order chi connectivity index (χ1) is 31.0. The van der Waals surface area contributed by atoms with E-state index in [2.05, 4.69) is 208 Å². The van der Waals surface area contributed by atoms with Crippen LogP contribution in [0.15, 0.2) is 109 Å². The van der Waals surface area contributed by atoms with Crippen molar-refractivity contribution in [2.45, 2.75) is 112 Å². The zero-order chi connectivity index (χ0) is 46.7. The lowest BCUT2D eigenvalue weighted by Gasteiger charge is -2.34. The molecule has 9 aromatic rings. The highest BCUT2D eigenvalue weighted by molar-refractivity contribution is 6.90. The maximum atomic E-state index is 6.18. The van der Waals surface area contributed by atoms with E-state index in [0.717, 1.165) is 16.9 Å². The summed E-state index contributed by atoms with van der Waals surface area (Å²) < 4.78 is 17.2. The Labute approximate surface area is 391 Å². The number of hydrogen-bond acceptors (Lipinski definition) is 2. The average molecular weight is 867 g/mol. The number of hydrogen-bond donors (Lipinski definition) is 0. The minimum Gasteiger partial charge on any atom is -0.497 e. The number of benzene rings is 7. The van der Waals surface area contributed by atoms with Crippen molar-refractivity contribution in [2.24, 2.45) is 0 Å². The third-order valence-corrected chi connectivity index (χ3v) is 14.9. The van der Waals surface area contributed by atoms with E-state index < -0.39 is 0 Å². The molecule has 0 saturated heterocycles. The molecule has 2 aromatic heterocycles. The summed E-state index contributed by atoms with van der Waals surface area (Å²) >= 11 is 0. The van der Waals surface area contributed by atoms with Crippen molar-refractivity contribution in [1.82, 2.24) is 9.05 Å². The van der Waals surface area contributed by atoms with Gasteiger partial charge in [0.2, 0.25) is 0 Å². The predicted molar refractivity (Wildman–Crippen MR) is 283 cm³/mol. The van der Waals surface area contributed by atoms with Crippen LogP contribution in [0.4, 0.5) is 0 Å². The van der Waals surface area contributed by atoms with Crippen molar-refractivity contribution >= 4 is 61.4 Å². The summed E-state index contributed by atoms with van der Waals surface area (Å²) in [4.78, 5) is 0. The van der Waals surface area contributed by atoms with Crippen molar-refractivity contribution in [1.29, 1.82) is 0 Å². The van der Waals surface area contributed by atoms with Gasteiger partial charge >= 0.3 is 6.85 Å². The quantitative estimate of drug-likeness (QED) is 0.165. The van der Waals surface area contributed by atoms with Gasteiger partial charge in [0.15, 0.2) is 0 Å². The van der Waals surface area contributed by atoms with Crippen molar-refractivity contribution in [3.05, 3.63) is 137 Å². The van der Waals surface area contributed by atoms with Crippen LogP contribution in [0.3, 0.4) is 0 Å². The van der Waals surface area contributed by atoms with Crippen LogP contribution in [0.5, 0.6) is 11.5 Å². The summed E-state index contributed by atoms with van der Waals surface area (Å²) in [6, 6.07) is 42.8. The smallest absolute Gasteiger partial charge is 0.333 e. The molecule has 11 rings (SSSR count). The molecule has 332 valence electrons. The van der Waals surface area contributed by atoms with Crippen LogP contribution in [0.2, 0.25) is 0 Å². The van der Waals surface area contributed by atoms with Crippen molar-refractivity contribution in [3.8, 4) is 50.6 Å². The first kappa shape index (κ1) is 42.4. The van der Waals surface area contributed by atoms with Crippen LogP contribution >= 0.6 is 0 Å². The molecule has 5 heteroatoms. The molecule has 0 bridgehead atoms. The second-order valence-electron chi connectivity index (χ2n) is 23.6. The van der Waals surface area contributed by atoms with Gasteiger partial charge in [-0.3, -0.25) is 0 Å². The van der Waals surface area contributed by atoms with Crippen molar-refractivity contribution < 1.29 is 9.47 Å². The Bertz CT molecular complexity index is 3490. The number of nitrogens with zero attached hydrogens (tertiary/aromatic N) is 2. The molecule has 2 aliphatic heterocycles. The van der Waals surface area contributed by atoms with E-state index in [1.807, 2.05) is 0 Å². The molecular formula is C61H63BN2O2. The molecule has 0 atom stereocenters. The third-order valence-electron chi connectivity index (χ3n) is 14.9. The van der Waals surface area contributed by atoms with Crippen LogP contribution in [0, 0.1) is 6.92 Å². The second kappa shape index (κ2) is 13.9. The van der Waals surface area contributed by atoms with Gasteiger partial charge in [-0.05, 0) is 156 Å². The van der Waals surface area contributed by atoms with Crippen LogP contribution in [-0.2, 0) is 21.7 Å². The summed E-state index contributed by atoms with van der Waals surface area (Å²) in [5.41, 5.74) is 23.0. The average Bonchev–Trinajstić information content (AvgIpc) is 3.77. The van der Waals surface area contributed by atoms with Crippen molar-refractivity contribution in [3.63, 3.8) is 0 Å². The Balaban J connectivity index is 1.29. The van der Waals surface area contributed by atoms with Gasteiger partial charge in [0, 0.05) is 43.8 Å².